The molecule has 1 aromatic carbocycles. The fourth-order valence-corrected chi connectivity index (χ4v) is 2.03. The van der Waals surface area contributed by atoms with E-state index in [1.54, 1.807) is 0 Å². The number of benzene rings is 1. The Morgan fingerprint density at radius 3 is 2.68 bits per heavy atom. The zero-order valence-corrected chi connectivity index (χ0v) is 13.2. The van der Waals surface area contributed by atoms with Crippen molar-refractivity contribution >= 4 is 24.2 Å². The lowest BCUT2D eigenvalue weighted by Crippen LogP contribution is -2.48. The van der Waals surface area contributed by atoms with Gasteiger partial charge in [0.1, 0.15) is 6.10 Å². The molecule has 1 saturated heterocycles. The highest BCUT2D eigenvalue weighted by molar-refractivity contribution is 5.85. The first-order chi connectivity index (χ1) is 10.3. The standard InChI is InChI=1S/C15H21N3O3.ClH/c19-14(18-10-12-4-2-1-3-5-12)6-7-17-15(20)13-11-16-8-9-21-13;/h1-5,13,16H,6-11H2,(H,17,20)(H,18,19);1H. The summed E-state index contributed by atoms with van der Waals surface area (Å²) in [7, 11) is 0. The molecule has 122 valence electrons. The number of hydrogen-bond acceptors (Lipinski definition) is 4. The summed E-state index contributed by atoms with van der Waals surface area (Å²) in [6.45, 7) is 2.65. The van der Waals surface area contributed by atoms with Gasteiger partial charge in [-0.1, -0.05) is 30.3 Å². The Balaban J connectivity index is 0.00000242. The first-order valence-electron chi connectivity index (χ1n) is 7.16. The molecule has 1 atom stereocenters. The monoisotopic (exact) mass is 327 g/mol. The normalized spacial score (nSPS) is 17.2. The maximum atomic E-state index is 11.8. The van der Waals surface area contributed by atoms with E-state index in [0.29, 0.717) is 26.2 Å². The van der Waals surface area contributed by atoms with E-state index in [0.717, 1.165) is 12.1 Å². The van der Waals surface area contributed by atoms with Gasteiger partial charge in [-0.15, -0.1) is 12.4 Å². The van der Waals surface area contributed by atoms with E-state index in [4.69, 9.17) is 4.74 Å². The molecule has 1 aliphatic rings. The van der Waals surface area contributed by atoms with Gasteiger partial charge in [-0.25, -0.2) is 0 Å². The van der Waals surface area contributed by atoms with Crippen LogP contribution in [-0.4, -0.2) is 44.2 Å². The molecule has 1 aliphatic heterocycles. The molecule has 6 nitrogen and oxygen atoms in total. The van der Waals surface area contributed by atoms with Crippen LogP contribution in [0.2, 0.25) is 0 Å². The Bertz CT molecular complexity index is 464. The Labute approximate surface area is 136 Å². The molecule has 0 spiro atoms. The third kappa shape index (κ3) is 6.43. The van der Waals surface area contributed by atoms with E-state index < -0.39 is 6.10 Å². The summed E-state index contributed by atoms with van der Waals surface area (Å²) in [5.41, 5.74) is 1.05. The Hall–Kier alpha value is -1.63. The average molecular weight is 328 g/mol. The third-order valence-corrected chi connectivity index (χ3v) is 3.20. The highest BCUT2D eigenvalue weighted by Crippen LogP contribution is 1.98. The van der Waals surface area contributed by atoms with Gasteiger partial charge in [-0.3, -0.25) is 9.59 Å². The van der Waals surface area contributed by atoms with Gasteiger partial charge >= 0.3 is 0 Å². The summed E-state index contributed by atoms with van der Waals surface area (Å²) in [5.74, 6) is -0.250. The smallest absolute Gasteiger partial charge is 0.250 e. The molecule has 0 aromatic heterocycles. The van der Waals surface area contributed by atoms with Crippen LogP contribution >= 0.6 is 12.4 Å². The molecule has 0 aliphatic carbocycles. The van der Waals surface area contributed by atoms with Crippen LogP contribution in [-0.2, 0) is 20.9 Å². The van der Waals surface area contributed by atoms with Crippen LogP contribution in [0.5, 0.6) is 0 Å². The van der Waals surface area contributed by atoms with Crippen LogP contribution in [0.3, 0.4) is 0 Å². The molecular weight excluding hydrogens is 306 g/mol. The van der Waals surface area contributed by atoms with Gasteiger partial charge in [0.15, 0.2) is 0 Å². The number of amides is 2. The average Bonchev–Trinajstić information content (AvgIpc) is 2.54. The lowest BCUT2D eigenvalue weighted by molar-refractivity contribution is -0.134. The van der Waals surface area contributed by atoms with Gasteiger partial charge in [-0.2, -0.15) is 0 Å². The SMILES string of the molecule is Cl.O=C(CCNC(=O)C1CNCCO1)NCc1ccccc1. The first kappa shape index (κ1) is 18.4. The number of halogens is 1. The number of rotatable bonds is 6. The molecule has 3 N–H and O–H groups in total. The summed E-state index contributed by atoms with van der Waals surface area (Å²) < 4.78 is 5.33. The molecule has 0 radical (unpaired) electrons. The first-order valence-corrected chi connectivity index (χ1v) is 7.16. The molecule has 1 fully saturated rings. The highest BCUT2D eigenvalue weighted by atomic mass is 35.5. The molecule has 7 heteroatoms. The van der Waals surface area contributed by atoms with Crippen molar-refractivity contribution in [2.75, 3.05) is 26.2 Å². The molecule has 1 unspecified atom stereocenters. The molecule has 0 bridgehead atoms. The zero-order chi connectivity index (χ0) is 14.9. The summed E-state index contributed by atoms with van der Waals surface area (Å²) in [6, 6.07) is 9.70. The van der Waals surface area contributed by atoms with Gasteiger partial charge in [0, 0.05) is 32.6 Å². The number of ether oxygens (including phenoxy) is 1. The fourth-order valence-electron chi connectivity index (χ4n) is 2.03. The van der Waals surface area contributed by atoms with Gasteiger partial charge in [0.25, 0.3) is 0 Å². The van der Waals surface area contributed by atoms with Gasteiger partial charge < -0.3 is 20.7 Å². The molecule has 1 heterocycles. The predicted octanol–water partition coefficient (Wildman–Crippen LogP) is 0.219. The molecule has 0 saturated carbocycles. The highest BCUT2D eigenvalue weighted by Gasteiger charge is 2.21. The summed E-state index contributed by atoms with van der Waals surface area (Å²) >= 11 is 0. The van der Waals surface area contributed by atoms with Crippen molar-refractivity contribution in [2.24, 2.45) is 0 Å². The van der Waals surface area contributed by atoms with Crippen LogP contribution in [0.25, 0.3) is 0 Å². The van der Waals surface area contributed by atoms with Crippen molar-refractivity contribution in [2.45, 2.75) is 19.1 Å². The van der Waals surface area contributed by atoms with E-state index in [1.807, 2.05) is 30.3 Å². The van der Waals surface area contributed by atoms with Crippen LogP contribution in [0.15, 0.2) is 30.3 Å². The third-order valence-electron chi connectivity index (χ3n) is 3.20. The van der Waals surface area contributed by atoms with E-state index in [9.17, 15) is 9.59 Å². The quantitative estimate of drug-likeness (QED) is 0.698. The molecule has 22 heavy (non-hydrogen) atoms. The number of nitrogens with one attached hydrogen (secondary N) is 3. The lowest BCUT2D eigenvalue weighted by Gasteiger charge is -2.22. The number of hydrogen-bond donors (Lipinski definition) is 3. The van der Waals surface area contributed by atoms with E-state index in [-0.39, 0.29) is 30.6 Å². The van der Waals surface area contributed by atoms with Crippen molar-refractivity contribution in [1.29, 1.82) is 0 Å². The number of morpholine rings is 1. The fraction of sp³-hybridized carbons (Fsp3) is 0.467. The van der Waals surface area contributed by atoms with Crippen LogP contribution in [0, 0.1) is 0 Å². The second-order valence-corrected chi connectivity index (χ2v) is 4.87. The number of carbonyl (C=O) groups is 2. The lowest BCUT2D eigenvalue weighted by atomic mass is 10.2. The summed E-state index contributed by atoms with van der Waals surface area (Å²) in [4.78, 5) is 23.4. The molecule has 2 amide bonds. The molecular formula is C15H22ClN3O3. The minimum absolute atomic E-state index is 0. The Kier molecular flexibility index (Phi) is 8.50. The maximum absolute atomic E-state index is 11.8. The van der Waals surface area contributed by atoms with Gasteiger partial charge in [0.2, 0.25) is 11.8 Å². The summed E-state index contributed by atoms with van der Waals surface area (Å²) in [6.07, 6.45) is -0.190. The van der Waals surface area contributed by atoms with Crippen molar-refractivity contribution < 1.29 is 14.3 Å². The summed E-state index contributed by atoms with van der Waals surface area (Å²) in [5, 5.41) is 8.62. The van der Waals surface area contributed by atoms with Gasteiger partial charge in [-0.05, 0) is 5.56 Å². The predicted molar refractivity (Wildman–Crippen MR) is 85.8 cm³/mol. The van der Waals surface area contributed by atoms with Crippen molar-refractivity contribution in [3.8, 4) is 0 Å². The van der Waals surface area contributed by atoms with Crippen LogP contribution in [0.1, 0.15) is 12.0 Å². The Morgan fingerprint density at radius 2 is 2.00 bits per heavy atom. The van der Waals surface area contributed by atoms with Gasteiger partial charge in [0.05, 0.1) is 6.61 Å². The topological polar surface area (TPSA) is 79.5 Å². The minimum Gasteiger partial charge on any atom is -0.366 e. The van der Waals surface area contributed by atoms with Crippen molar-refractivity contribution in [1.82, 2.24) is 16.0 Å². The minimum atomic E-state index is -0.453. The second-order valence-electron chi connectivity index (χ2n) is 4.87. The van der Waals surface area contributed by atoms with E-state index in [1.165, 1.54) is 0 Å². The van der Waals surface area contributed by atoms with Crippen molar-refractivity contribution in [3.63, 3.8) is 0 Å². The second kappa shape index (κ2) is 10.2. The van der Waals surface area contributed by atoms with E-state index >= 15 is 0 Å². The Morgan fingerprint density at radius 1 is 1.23 bits per heavy atom. The zero-order valence-electron chi connectivity index (χ0n) is 12.3. The van der Waals surface area contributed by atoms with Crippen LogP contribution in [0.4, 0.5) is 0 Å². The molecule has 2 rings (SSSR count). The van der Waals surface area contributed by atoms with E-state index in [2.05, 4.69) is 16.0 Å². The van der Waals surface area contributed by atoms with Crippen LogP contribution < -0.4 is 16.0 Å². The largest absolute Gasteiger partial charge is 0.366 e. The molecule has 1 aromatic rings. The van der Waals surface area contributed by atoms with Crippen molar-refractivity contribution in [3.05, 3.63) is 35.9 Å². The maximum Gasteiger partial charge on any atom is 0.250 e. The number of carbonyl (C=O) groups excluding carboxylic acids is 2.